The molecule has 0 unspecified atom stereocenters. The number of likely N-dealkylation sites (N-methyl/N-ethyl adjacent to an activating group) is 1. The van der Waals surface area contributed by atoms with Crippen LogP contribution in [0.4, 0.5) is 5.69 Å². The van der Waals surface area contributed by atoms with Crippen LogP contribution in [0, 0.1) is 12.8 Å². The van der Waals surface area contributed by atoms with Crippen LogP contribution in [0.3, 0.4) is 0 Å². The molecule has 242 valence electrons. The van der Waals surface area contributed by atoms with E-state index in [0.29, 0.717) is 36.6 Å². The smallest absolute Gasteiger partial charge is 0.261 e. The van der Waals surface area contributed by atoms with Crippen LogP contribution in [-0.4, -0.2) is 68.1 Å². The van der Waals surface area contributed by atoms with E-state index in [2.05, 4.69) is 60.0 Å². The molecule has 5 rings (SSSR count). The second kappa shape index (κ2) is 14.5. The zero-order valence-electron chi connectivity index (χ0n) is 26.9. The molecule has 0 aliphatic carbocycles. The third kappa shape index (κ3) is 8.15. The number of carbonyl (C=O) groups is 1. The van der Waals surface area contributed by atoms with Gasteiger partial charge in [0.2, 0.25) is 5.91 Å². The summed E-state index contributed by atoms with van der Waals surface area (Å²) >= 11 is 0. The number of hydrogen-bond donors (Lipinski definition) is 2. The van der Waals surface area contributed by atoms with Gasteiger partial charge in [0.15, 0.2) is 0 Å². The molecule has 9 heteroatoms. The Labute approximate surface area is 272 Å². The molecule has 0 aromatic heterocycles. The van der Waals surface area contributed by atoms with Gasteiger partial charge in [-0.3, -0.25) is 14.4 Å². The molecule has 0 spiro atoms. The summed E-state index contributed by atoms with van der Waals surface area (Å²) in [5.41, 5.74) is 5.41. The van der Waals surface area contributed by atoms with Crippen LogP contribution >= 0.6 is 0 Å². The second-order valence-electron chi connectivity index (χ2n) is 12.4. The van der Waals surface area contributed by atoms with Crippen molar-refractivity contribution in [1.29, 1.82) is 0 Å². The zero-order chi connectivity index (χ0) is 32.8. The molecule has 4 aromatic rings. The first kappa shape index (κ1) is 33.2. The minimum atomic E-state index is -3.83. The van der Waals surface area contributed by atoms with Crippen LogP contribution in [-0.2, 0) is 27.8 Å². The molecule has 0 fully saturated rings. The van der Waals surface area contributed by atoms with Gasteiger partial charge in [0, 0.05) is 36.8 Å². The minimum absolute atomic E-state index is 0.0167. The van der Waals surface area contributed by atoms with E-state index in [1.54, 1.807) is 47.4 Å². The van der Waals surface area contributed by atoms with Crippen molar-refractivity contribution in [1.82, 2.24) is 9.80 Å². The summed E-state index contributed by atoms with van der Waals surface area (Å²) < 4.78 is 35.5. The van der Waals surface area contributed by atoms with E-state index in [9.17, 15) is 18.3 Å². The average Bonchev–Trinajstić information content (AvgIpc) is 3.08. The Bertz CT molecular complexity index is 1730. The molecule has 4 aromatic carbocycles. The number of benzene rings is 4. The zero-order valence-corrected chi connectivity index (χ0v) is 27.7. The molecular weight excluding hydrogens is 598 g/mol. The Balaban J connectivity index is 1.37. The summed E-state index contributed by atoms with van der Waals surface area (Å²) in [6.07, 6.45) is -0.259. The van der Waals surface area contributed by atoms with Crippen molar-refractivity contribution >= 4 is 21.6 Å². The highest BCUT2D eigenvalue weighted by Gasteiger charge is 2.31. The summed E-state index contributed by atoms with van der Waals surface area (Å²) in [6.45, 7) is 7.36. The van der Waals surface area contributed by atoms with Crippen molar-refractivity contribution in [2.75, 3.05) is 31.5 Å². The summed E-state index contributed by atoms with van der Waals surface area (Å²) in [5, 5.41) is 9.97. The number of aliphatic hydroxyl groups excluding tert-OH is 1. The summed E-state index contributed by atoms with van der Waals surface area (Å²) in [7, 11) is -1.78. The van der Waals surface area contributed by atoms with Crippen molar-refractivity contribution in [2.45, 2.75) is 50.8 Å². The van der Waals surface area contributed by atoms with E-state index < -0.39 is 10.0 Å². The van der Waals surface area contributed by atoms with Crippen LogP contribution < -0.4 is 9.46 Å². The molecule has 0 saturated carbocycles. The lowest BCUT2D eigenvalue weighted by Gasteiger charge is -2.34. The van der Waals surface area contributed by atoms with Gasteiger partial charge in [0.25, 0.3) is 10.0 Å². The number of carbonyl (C=O) groups excluding carboxylic acids is 1. The van der Waals surface area contributed by atoms with E-state index in [1.165, 1.54) is 16.7 Å². The van der Waals surface area contributed by atoms with Crippen LogP contribution in [0.25, 0.3) is 11.1 Å². The fourth-order valence-electron chi connectivity index (χ4n) is 5.76. The van der Waals surface area contributed by atoms with Gasteiger partial charge in [-0.25, -0.2) is 8.42 Å². The Hall–Kier alpha value is -4.18. The van der Waals surface area contributed by atoms with Crippen LogP contribution in [0.2, 0.25) is 0 Å². The summed E-state index contributed by atoms with van der Waals surface area (Å²) in [4.78, 5) is 17.7. The Kier molecular flexibility index (Phi) is 10.5. The highest BCUT2D eigenvalue weighted by molar-refractivity contribution is 7.92. The minimum Gasteiger partial charge on any atom is -0.488 e. The fourth-order valence-corrected chi connectivity index (χ4v) is 6.81. The molecule has 46 heavy (non-hydrogen) atoms. The normalized spacial score (nSPS) is 17.8. The maximum Gasteiger partial charge on any atom is 0.261 e. The van der Waals surface area contributed by atoms with Crippen molar-refractivity contribution in [3.05, 3.63) is 114 Å². The Morgan fingerprint density at radius 3 is 2.33 bits per heavy atom. The van der Waals surface area contributed by atoms with Gasteiger partial charge in [-0.2, -0.15) is 0 Å². The predicted molar refractivity (Wildman–Crippen MR) is 182 cm³/mol. The van der Waals surface area contributed by atoms with E-state index in [1.807, 2.05) is 32.0 Å². The van der Waals surface area contributed by atoms with Gasteiger partial charge in [0.1, 0.15) is 11.9 Å². The standard InChI is InChI=1S/C37H43N3O5S/c1-26-10-17-34(18-11-26)46(43,44)38-33-16-19-35-32(20-33)21-37(42)40(28(3)25-41)22-27(2)36(45-35)24-39(4)23-29-12-14-31(15-13-29)30-8-6-5-7-9-30/h5-20,27-28,36,38,41H,21-25H2,1-4H3/t27-,28-,36-/m0/s1. The number of sulfonamides is 1. The fraction of sp³-hybridized carbons (Fsp3) is 0.324. The number of hydrogen-bond acceptors (Lipinski definition) is 6. The molecule has 1 heterocycles. The number of fused-ring (bicyclic) bond motifs is 1. The van der Waals surface area contributed by atoms with E-state index >= 15 is 0 Å². The first-order valence-electron chi connectivity index (χ1n) is 15.6. The molecular formula is C37H43N3O5S. The van der Waals surface area contributed by atoms with Crippen LogP contribution in [0.1, 0.15) is 30.5 Å². The number of nitrogens with zero attached hydrogens (tertiary/aromatic N) is 2. The summed E-state index contributed by atoms with van der Waals surface area (Å²) in [5.74, 6) is 0.346. The molecule has 0 saturated heterocycles. The lowest BCUT2D eigenvalue weighted by atomic mass is 10.0. The number of amides is 1. The Morgan fingerprint density at radius 2 is 1.65 bits per heavy atom. The maximum absolute atomic E-state index is 13.6. The molecule has 1 amide bonds. The highest BCUT2D eigenvalue weighted by atomic mass is 32.2. The van der Waals surface area contributed by atoms with Crippen LogP contribution in [0.5, 0.6) is 5.75 Å². The number of aryl methyl sites for hydroxylation is 1. The maximum atomic E-state index is 13.6. The third-order valence-corrected chi connectivity index (χ3v) is 9.90. The van der Waals surface area contributed by atoms with E-state index in [4.69, 9.17) is 4.74 Å². The number of nitrogens with one attached hydrogen (secondary N) is 1. The molecule has 1 aliphatic rings. The topological polar surface area (TPSA) is 99.2 Å². The molecule has 0 bridgehead atoms. The molecule has 2 N–H and O–H groups in total. The third-order valence-electron chi connectivity index (χ3n) is 8.51. The average molecular weight is 642 g/mol. The van der Waals surface area contributed by atoms with Crippen molar-refractivity contribution in [3.63, 3.8) is 0 Å². The second-order valence-corrected chi connectivity index (χ2v) is 14.1. The molecule has 3 atom stereocenters. The van der Waals surface area contributed by atoms with Crippen molar-refractivity contribution in [3.8, 4) is 16.9 Å². The Morgan fingerprint density at radius 1 is 0.978 bits per heavy atom. The quantitative estimate of drug-likeness (QED) is 0.229. The number of aliphatic hydroxyl groups is 1. The van der Waals surface area contributed by atoms with E-state index in [-0.39, 0.29) is 41.9 Å². The van der Waals surface area contributed by atoms with Crippen molar-refractivity contribution < 1.29 is 23.1 Å². The first-order valence-corrected chi connectivity index (χ1v) is 17.1. The van der Waals surface area contributed by atoms with Gasteiger partial charge >= 0.3 is 0 Å². The first-order chi connectivity index (χ1) is 22.0. The highest BCUT2D eigenvalue weighted by Crippen LogP contribution is 2.30. The van der Waals surface area contributed by atoms with Gasteiger partial charge in [0.05, 0.1) is 24.0 Å². The predicted octanol–water partition coefficient (Wildman–Crippen LogP) is 5.74. The molecule has 0 radical (unpaired) electrons. The largest absolute Gasteiger partial charge is 0.488 e. The lowest BCUT2D eigenvalue weighted by Crippen LogP contribution is -2.47. The number of rotatable bonds is 10. The SMILES string of the molecule is Cc1ccc(S(=O)(=O)Nc2ccc3c(c2)CC(=O)N([C@@H](C)CO)C[C@H](C)[C@H](CN(C)Cc2ccc(-c4ccccc4)cc2)O3)cc1. The van der Waals surface area contributed by atoms with Gasteiger partial charge in [-0.1, -0.05) is 79.2 Å². The molecule has 8 nitrogen and oxygen atoms in total. The van der Waals surface area contributed by atoms with Crippen LogP contribution in [0.15, 0.2) is 102 Å². The molecule has 1 aliphatic heterocycles. The number of ether oxygens (including phenoxy) is 1. The van der Waals surface area contributed by atoms with Gasteiger partial charge in [-0.15, -0.1) is 0 Å². The van der Waals surface area contributed by atoms with E-state index in [0.717, 1.165) is 5.56 Å². The monoisotopic (exact) mass is 641 g/mol. The van der Waals surface area contributed by atoms with Gasteiger partial charge < -0.3 is 14.7 Å². The lowest BCUT2D eigenvalue weighted by molar-refractivity contribution is -0.134. The van der Waals surface area contributed by atoms with Gasteiger partial charge in [-0.05, 0) is 67.9 Å². The van der Waals surface area contributed by atoms with Crippen molar-refractivity contribution in [2.24, 2.45) is 5.92 Å². The number of anilines is 1. The summed E-state index contributed by atoms with van der Waals surface area (Å²) in [6, 6.07) is 30.2.